The van der Waals surface area contributed by atoms with Crippen LogP contribution in [0.15, 0.2) is 48.5 Å². The first kappa shape index (κ1) is 15.5. The van der Waals surface area contributed by atoms with Gasteiger partial charge < -0.3 is 4.74 Å². The molecule has 2 aromatic rings. The molecule has 116 valence electrons. The van der Waals surface area contributed by atoms with Crippen LogP contribution in [0.4, 0.5) is 0 Å². The maximum atomic E-state index is 6.26. The Kier molecular flexibility index (Phi) is 4.82. The Labute approximate surface area is 137 Å². The number of hydrogen-bond donors (Lipinski definition) is 0. The van der Waals surface area contributed by atoms with Gasteiger partial charge in [0.25, 0.3) is 0 Å². The standard InChI is InChI=1S/C19H22ClNO/c1-14-11-21(12-15(2)22-14)13-16-7-9-17(10-8-16)18-5-3-4-6-19(18)20/h3-10,14-15H,11-13H2,1-2H3/t14-,15-/m0/s1. The highest BCUT2D eigenvalue weighted by Gasteiger charge is 2.21. The predicted molar refractivity (Wildman–Crippen MR) is 92.2 cm³/mol. The van der Waals surface area contributed by atoms with Crippen molar-refractivity contribution in [3.8, 4) is 11.1 Å². The van der Waals surface area contributed by atoms with Crippen molar-refractivity contribution in [3.63, 3.8) is 0 Å². The van der Waals surface area contributed by atoms with E-state index in [2.05, 4.69) is 49.1 Å². The molecule has 0 bridgehead atoms. The van der Waals surface area contributed by atoms with Gasteiger partial charge in [0.2, 0.25) is 0 Å². The molecular formula is C19H22ClNO. The maximum Gasteiger partial charge on any atom is 0.0678 e. The summed E-state index contributed by atoms with van der Waals surface area (Å²) in [6, 6.07) is 16.7. The molecule has 0 spiro atoms. The van der Waals surface area contributed by atoms with Gasteiger partial charge in [0.1, 0.15) is 0 Å². The van der Waals surface area contributed by atoms with Crippen LogP contribution in [0, 0.1) is 0 Å². The molecule has 0 amide bonds. The second kappa shape index (κ2) is 6.82. The number of rotatable bonds is 3. The highest BCUT2D eigenvalue weighted by molar-refractivity contribution is 6.33. The van der Waals surface area contributed by atoms with E-state index in [1.807, 2.05) is 18.2 Å². The summed E-state index contributed by atoms with van der Waals surface area (Å²) >= 11 is 6.26. The van der Waals surface area contributed by atoms with E-state index in [1.54, 1.807) is 0 Å². The third-order valence-electron chi connectivity index (χ3n) is 4.04. The van der Waals surface area contributed by atoms with Crippen LogP contribution in [0.1, 0.15) is 19.4 Å². The molecule has 0 N–H and O–H groups in total. The van der Waals surface area contributed by atoms with Crippen LogP contribution in [0.25, 0.3) is 11.1 Å². The van der Waals surface area contributed by atoms with Crippen LogP contribution < -0.4 is 0 Å². The molecular weight excluding hydrogens is 294 g/mol. The van der Waals surface area contributed by atoms with Crippen molar-refractivity contribution in [3.05, 3.63) is 59.1 Å². The lowest BCUT2D eigenvalue weighted by atomic mass is 10.0. The van der Waals surface area contributed by atoms with Crippen molar-refractivity contribution < 1.29 is 4.74 Å². The largest absolute Gasteiger partial charge is 0.373 e. The zero-order valence-electron chi connectivity index (χ0n) is 13.1. The number of hydrogen-bond acceptors (Lipinski definition) is 2. The maximum absolute atomic E-state index is 6.26. The average Bonchev–Trinajstić information content (AvgIpc) is 2.48. The Morgan fingerprint density at radius 2 is 1.64 bits per heavy atom. The molecule has 22 heavy (non-hydrogen) atoms. The summed E-state index contributed by atoms with van der Waals surface area (Å²) in [5.41, 5.74) is 3.58. The van der Waals surface area contributed by atoms with E-state index in [0.717, 1.165) is 35.8 Å². The summed E-state index contributed by atoms with van der Waals surface area (Å²) in [7, 11) is 0. The molecule has 0 aromatic heterocycles. The Hall–Kier alpha value is -1.35. The third-order valence-corrected chi connectivity index (χ3v) is 4.37. The van der Waals surface area contributed by atoms with E-state index in [4.69, 9.17) is 16.3 Å². The second-order valence-electron chi connectivity index (χ2n) is 6.13. The number of ether oxygens (including phenoxy) is 1. The molecule has 3 heteroatoms. The SMILES string of the molecule is C[C@H]1CN(Cc2ccc(-c3ccccc3Cl)cc2)C[C@H](C)O1. The van der Waals surface area contributed by atoms with Gasteiger partial charge in [-0.05, 0) is 31.0 Å². The van der Waals surface area contributed by atoms with Gasteiger partial charge in [0.05, 0.1) is 12.2 Å². The molecule has 2 aromatic carbocycles. The third kappa shape index (κ3) is 3.70. The quantitative estimate of drug-likeness (QED) is 0.819. The second-order valence-corrected chi connectivity index (χ2v) is 6.54. The minimum absolute atomic E-state index is 0.311. The molecule has 1 aliphatic heterocycles. The van der Waals surface area contributed by atoms with Gasteiger partial charge in [-0.3, -0.25) is 4.90 Å². The van der Waals surface area contributed by atoms with E-state index in [0.29, 0.717) is 12.2 Å². The molecule has 0 saturated carbocycles. The molecule has 1 aliphatic rings. The molecule has 2 nitrogen and oxygen atoms in total. The van der Waals surface area contributed by atoms with Crippen molar-refractivity contribution in [1.82, 2.24) is 4.90 Å². The van der Waals surface area contributed by atoms with Crippen molar-refractivity contribution in [1.29, 1.82) is 0 Å². The molecule has 1 heterocycles. The Morgan fingerprint density at radius 1 is 1.00 bits per heavy atom. The van der Waals surface area contributed by atoms with E-state index in [-0.39, 0.29) is 0 Å². The van der Waals surface area contributed by atoms with Crippen molar-refractivity contribution >= 4 is 11.6 Å². The van der Waals surface area contributed by atoms with E-state index < -0.39 is 0 Å². The lowest BCUT2D eigenvalue weighted by Crippen LogP contribution is -2.44. The van der Waals surface area contributed by atoms with Crippen LogP contribution in [0.3, 0.4) is 0 Å². The highest BCUT2D eigenvalue weighted by atomic mass is 35.5. The van der Waals surface area contributed by atoms with Gasteiger partial charge in [0.15, 0.2) is 0 Å². The summed E-state index contributed by atoms with van der Waals surface area (Å²) in [5.74, 6) is 0. The summed E-state index contributed by atoms with van der Waals surface area (Å²) in [5, 5.41) is 0.797. The monoisotopic (exact) mass is 315 g/mol. The molecule has 0 unspecified atom stereocenters. The van der Waals surface area contributed by atoms with Crippen molar-refractivity contribution in [2.45, 2.75) is 32.6 Å². The summed E-state index contributed by atoms with van der Waals surface area (Å²) in [6.07, 6.45) is 0.622. The van der Waals surface area contributed by atoms with Gasteiger partial charge in [-0.15, -0.1) is 0 Å². The van der Waals surface area contributed by atoms with Gasteiger partial charge >= 0.3 is 0 Å². The molecule has 1 fully saturated rings. The number of halogens is 1. The Balaban J connectivity index is 1.71. The van der Waals surface area contributed by atoms with Gasteiger partial charge in [-0.2, -0.15) is 0 Å². The summed E-state index contributed by atoms with van der Waals surface area (Å²) < 4.78 is 5.79. The lowest BCUT2D eigenvalue weighted by molar-refractivity contribution is -0.0704. The van der Waals surface area contributed by atoms with Crippen LogP contribution in [-0.4, -0.2) is 30.2 Å². The van der Waals surface area contributed by atoms with E-state index >= 15 is 0 Å². The van der Waals surface area contributed by atoms with Crippen molar-refractivity contribution in [2.24, 2.45) is 0 Å². The predicted octanol–water partition coefficient (Wildman–Crippen LogP) is 4.62. The molecule has 0 radical (unpaired) electrons. The Bertz CT molecular complexity index is 616. The normalized spacial score (nSPS) is 22.7. The fourth-order valence-corrected chi connectivity index (χ4v) is 3.40. The van der Waals surface area contributed by atoms with Gasteiger partial charge in [0, 0.05) is 30.2 Å². The zero-order valence-corrected chi connectivity index (χ0v) is 13.9. The number of benzene rings is 2. The lowest BCUT2D eigenvalue weighted by Gasteiger charge is -2.35. The van der Waals surface area contributed by atoms with Crippen LogP contribution >= 0.6 is 11.6 Å². The van der Waals surface area contributed by atoms with Gasteiger partial charge in [-0.25, -0.2) is 0 Å². The summed E-state index contributed by atoms with van der Waals surface area (Å²) in [6.45, 7) is 7.25. The highest BCUT2D eigenvalue weighted by Crippen LogP contribution is 2.27. The topological polar surface area (TPSA) is 12.5 Å². The Morgan fingerprint density at radius 3 is 2.27 bits per heavy atom. The molecule has 3 rings (SSSR count). The first-order valence-electron chi connectivity index (χ1n) is 7.83. The fraction of sp³-hybridized carbons (Fsp3) is 0.368. The fourth-order valence-electron chi connectivity index (χ4n) is 3.16. The zero-order chi connectivity index (χ0) is 15.5. The van der Waals surface area contributed by atoms with Crippen LogP contribution in [0.5, 0.6) is 0 Å². The molecule has 1 saturated heterocycles. The van der Waals surface area contributed by atoms with E-state index in [1.165, 1.54) is 5.56 Å². The number of morpholine rings is 1. The van der Waals surface area contributed by atoms with Crippen LogP contribution in [0.2, 0.25) is 5.02 Å². The van der Waals surface area contributed by atoms with E-state index in [9.17, 15) is 0 Å². The smallest absolute Gasteiger partial charge is 0.0678 e. The molecule has 0 aliphatic carbocycles. The first-order valence-corrected chi connectivity index (χ1v) is 8.21. The van der Waals surface area contributed by atoms with Crippen molar-refractivity contribution in [2.75, 3.05) is 13.1 Å². The average molecular weight is 316 g/mol. The minimum atomic E-state index is 0.311. The summed E-state index contributed by atoms with van der Waals surface area (Å²) in [4.78, 5) is 2.46. The van der Waals surface area contributed by atoms with Gasteiger partial charge in [-0.1, -0.05) is 54.1 Å². The number of nitrogens with zero attached hydrogens (tertiary/aromatic N) is 1. The first-order chi connectivity index (χ1) is 10.6. The van der Waals surface area contributed by atoms with Crippen LogP contribution in [-0.2, 0) is 11.3 Å². The molecule has 2 atom stereocenters. The minimum Gasteiger partial charge on any atom is -0.373 e.